The Hall–Kier alpha value is -3.02. The SMILES string of the molecule is Cn1c(NCCc2ccccc2)nc(-c2ccncc2)nc1=O. The fourth-order valence-corrected chi connectivity index (χ4v) is 2.21. The zero-order valence-electron chi connectivity index (χ0n) is 12.8. The minimum absolute atomic E-state index is 0.339. The first-order valence-corrected chi connectivity index (χ1v) is 7.37. The van der Waals surface area contributed by atoms with E-state index in [1.165, 1.54) is 10.1 Å². The summed E-state index contributed by atoms with van der Waals surface area (Å²) >= 11 is 0. The number of nitrogens with one attached hydrogen (secondary N) is 1. The summed E-state index contributed by atoms with van der Waals surface area (Å²) in [6, 6.07) is 13.7. The Balaban J connectivity index is 1.79. The summed E-state index contributed by atoms with van der Waals surface area (Å²) in [7, 11) is 1.66. The highest BCUT2D eigenvalue weighted by Gasteiger charge is 2.08. The Labute approximate surface area is 133 Å². The average molecular weight is 307 g/mol. The highest BCUT2D eigenvalue weighted by Crippen LogP contribution is 2.13. The molecule has 0 amide bonds. The number of hydrogen-bond donors (Lipinski definition) is 1. The van der Waals surface area contributed by atoms with E-state index in [0.29, 0.717) is 18.3 Å². The summed E-state index contributed by atoms with van der Waals surface area (Å²) in [5, 5.41) is 3.21. The van der Waals surface area contributed by atoms with Gasteiger partial charge in [0, 0.05) is 31.5 Å². The minimum atomic E-state index is -0.339. The van der Waals surface area contributed by atoms with E-state index in [1.807, 2.05) is 18.2 Å². The molecule has 0 aliphatic carbocycles. The molecule has 6 heteroatoms. The molecule has 0 aliphatic rings. The van der Waals surface area contributed by atoms with Crippen molar-refractivity contribution in [2.75, 3.05) is 11.9 Å². The summed E-state index contributed by atoms with van der Waals surface area (Å²) in [6.07, 6.45) is 4.15. The molecule has 0 saturated carbocycles. The fourth-order valence-electron chi connectivity index (χ4n) is 2.21. The average Bonchev–Trinajstić information content (AvgIpc) is 2.60. The molecule has 0 radical (unpaired) electrons. The van der Waals surface area contributed by atoms with Gasteiger partial charge in [-0.2, -0.15) is 9.97 Å². The van der Waals surface area contributed by atoms with Crippen molar-refractivity contribution < 1.29 is 0 Å². The van der Waals surface area contributed by atoms with Crippen molar-refractivity contribution in [1.29, 1.82) is 0 Å². The summed E-state index contributed by atoms with van der Waals surface area (Å²) in [6.45, 7) is 0.685. The van der Waals surface area contributed by atoms with Gasteiger partial charge in [-0.05, 0) is 24.1 Å². The molecule has 1 N–H and O–H groups in total. The molecular weight excluding hydrogens is 290 g/mol. The van der Waals surface area contributed by atoms with E-state index < -0.39 is 0 Å². The molecule has 2 heterocycles. The van der Waals surface area contributed by atoms with Gasteiger partial charge in [-0.25, -0.2) is 4.79 Å². The molecule has 1 aromatic carbocycles. The summed E-state index contributed by atoms with van der Waals surface area (Å²) in [4.78, 5) is 24.4. The number of anilines is 1. The Kier molecular flexibility index (Phi) is 4.42. The maximum Gasteiger partial charge on any atom is 0.352 e. The van der Waals surface area contributed by atoms with E-state index in [4.69, 9.17) is 0 Å². The van der Waals surface area contributed by atoms with E-state index in [9.17, 15) is 4.79 Å². The van der Waals surface area contributed by atoms with Gasteiger partial charge < -0.3 is 5.32 Å². The third-order valence-electron chi connectivity index (χ3n) is 3.50. The molecule has 0 unspecified atom stereocenters. The van der Waals surface area contributed by atoms with E-state index in [1.54, 1.807) is 31.6 Å². The molecule has 0 spiro atoms. The third-order valence-corrected chi connectivity index (χ3v) is 3.50. The van der Waals surface area contributed by atoms with Crippen LogP contribution in [0.1, 0.15) is 5.56 Å². The lowest BCUT2D eigenvalue weighted by Crippen LogP contribution is -2.26. The van der Waals surface area contributed by atoms with Gasteiger partial charge in [-0.15, -0.1) is 0 Å². The number of aromatic nitrogens is 4. The largest absolute Gasteiger partial charge is 0.355 e. The highest BCUT2D eigenvalue weighted by molar-refractivity contribution is 5.54. The number of benzene rings is 1. The lowest BCUT2D eigenvalue weighted by atomic mass is 10.1. The second-order valence-corrected chi connectivity index (χ2v) is 5.11. The highest BCUT2D eigenvalue weighted by atomic mass is 16.1. The van der Waals surface area contributed by atoms with Gasteiger partial charge in [0.2, 0.25) is 5.95 Å². The predicted molar refractivity (Wildman–Crippen MR) is 89.1 cm³/mol. The number of nitrogens with zero attached hydrogens (tertiary/aromatic N) is 4. The monoisotopic (exact) mass is 307 g/mol. The molecule has 2 aromatic heterocycles. The Morgan fingerprint density at radius 3 is 2.52 bits per heavy atom. The van der Waals surface area contributed by atoms with Crippen LogP contribution < -0.4 is 11.0 Å². The first-order valence-electron chi connectivity index (χ1n) is 7.37. The molecular formula is C17H17N5O. The molecule has 0 fully saturated rings. The zero-order chi connectivity index (χ0) is 16.1. The number of hydrogen-bond acceptors (Lipinski definition) is 5. The maximum atomic E-state index is 12.0. The minimum Gasteiger partial charge on any atom is -0.355 e. The van der Waals surface area contributed by atoms with Crippen LogP contribution in [0.25, 0.3) is 11.4 Å². The lowest BCUT2D eigenvalue weighted by molar-refractivity contribution is 0.774. The van der Waals surface area contributed by atoms with Crippen molar-refractivity contribution >= 4 is 5.95 Å². The summed E-state index contributed by atoms with van der Waals surface area (Å²) in [5.74, 6) is 0.908. The van der Waals surface area contributed by atoms with Crippen molar-refractivity contribution in [2.24, 2.45) is 7.05 Å². The van der Waals surface area contributed by atoms with Gasteiger partial charge in [-0.3, -0.25) is 9.55 Å². The van der Waals surface area contributed by atoms with E-state index >= 15 is 0 Å². The molecule has 3 aromatic rings. The van der Waals surface area contributed by atoms with Crippen LogP contribution in [-0.4, -0.2) is 26.1 Å². The van der Waals surface area contributed by atoms with Crippen LogP contribution in [0.15, 0.2) is 59.7 Å². The van der Waals surface area contributed by atoms with Gasteiger partial charge in [0.05, 0.1) is 0 Å². The Morgan fingerprint density at radius 2 is 1.78 bits per heavy atom. The molecule has 0 saturated heterocycles. The van der Waals surface area contributed by atoms with Crippen LogP contribution in [0, 0.1) is 0 Å². The molecule has 0 atom stereocenters. The first kappa shape index (κ1) is 14.9. The third kappa shape index (κ3) is 3.60. The van der Waals surface area contributed by atoms with Crippen LogP contribution in [0.2, 0.25) is 0 Å². The Morgan fingerprint density at radius 1 is 1.04 bits per heavy atom. The van der Waals surface area contributed by atoms with Crippen LogP contribution >= 0.6 is 0 Å². The second kappa shape index (κ2) is 6.83. The lowest BCUT2D eigenvalue weighted by Gasteiger charge is -2.10. The standard InChI is InChI=1S/C17H17N5O/c1-22-16(19-12-7-13-5-3-2-4-6-13)20-15(21-17(22)23)14-8-10-18-11-9-14/h2-6,8-11H,7,12H2,1H3,(H,19,20,21,23). The van der Waals surface area contributed by atoms with Gasteiger partial charge >= 0.3 is 5.69 Å². The second-order valence-electron chi connectivity index (χ2n) is 5.11. The van der Waals surface area contributed by atoms with Gasteiger partial charge in [0.15, 0.2) is 5.82 Å². The normalized spacial score (nSPS) is 10.5. The maximum absolute atomic E-state index is 12.0. The van der Waals surface area contributed by atoms with Gasteiger partial charge in [-0.1, -0.05) is 30.3 Å². The molecule has 0 aliphatic heterocycles. The van der Waals surface area contributed by atoms with E-state index in [0.717, 1.165) is 12.0 Å². The predicted octanol–water partition coefficient (Wildman–Crippen LogP) is 1.89. The van der Waals surface area contributed by atoms with Crippen molar-refractivity contribution in [2.45, 2.75) is 6.42 Å². The number of pyridine rings is 1. The fraction of sp³-hybridized carbons (Fsp3) is 0.176. The van der Waals surface area contributed by atoms with Crippen LogP contribution in [-0.2, 0) is 13.5 Å². The summed E-state index contributed by atoms with van der Waals surface area (Å²) in [5.41, 5.74) is 1.66. The van der Waals surface area contributed by atoms with Crippen molar-refractivity contribution in [1.82, 2.24) is 19.5 Å². The van der Waals surface area contributed by atoms with Crippen molar-refractivity contribution in [3.05, 3.63) is 70.9 Å². The quantitative estimate of drug-likeness (QED) is 0.779. The molecule has 116 valence electrons. The summed E-state index contributed by atoms with van der Waals surface area (Å²) < 4.78 is 1.41. The zero-order valence-corrected chi connectivity index (χ0v) is 12.8. The van der Waals surface area contributed by atoms with E-state index in [2.05, 4.69) is 32.4 Å². The molecule has 23 heavy (non-hydrogen) atoms. The van der Waals surface area contributed by atoms with Crippen molar-refractivity contribution in [3.8, 4) is 11.4 Å². The van der Waals surface area contributed by atoms with E-state index in [-0.39, 0.29) is 5.69 Å². The van der Waals surface area contributed by atoms with Crippen LogP contribution in [0.4, 0.5) is 5.95 Å². The topological polar surface area (TPSA) is 72.7 Å². The van der Waals surface area contributed by atoms with Crippen LogP contribution in [0.5, 0.6) is 0 Å². The van der Waals surface area contributed by atoms with Crippen molar-refractivity contribution in [3.63, 3.8) is 0 Å². The smallest absolute Gasteiger partial charge is 0.352 e. The first-order chi connectivity index (χ1) is 11.2. The number of rotatable bonds is 5. The molecule has 6 nitrogen and oxygen atoms in total. The van der Waals surface area contributed by atoms with Gasteiger partial charge in [0.1, 0.15) is 0 Å². The molecule has 0 bridgehead atoms. The Bertz CT molecular complexity index is 831. The molecule has 3 rings (SSSR count). The van der Waals surface area contributed by atoms with Gasteiger partial charge in [0.25, 0.3) is 0 Å². The van der Waals surface area contributed by atoms with Crippen LogP contribution in [0.3, 0.4) is 0 Å².